The number of benzene rings is 2. The summed E-state index contributed by atoms with van der Waals surface area (Å²) in [4.78, 5) is 0. The second kappa shape index (κ2) is 5.97. The normalized spacial score (nSPS) is 11.2. The van der Waals surface area contributed by atoms with Crippen LogP contribution in [0.5, 0.6) is 17.2 Å². The van der Waals surface area contributed by atoms with Gasteiger partial charge < -0.3 is 19.8 Å². The predicted molar refractivity (Wildman–Crippen MR) is 75.1 cm³/mol. The van der Waals surface area contributed by atoms with Gasteiger partial charge in [0.25, 0.3) is 0 Å². The van der Waals surface area contributed by atoms with Crippen LogP contribution < -0.4 is 9.47 Å². The standard InChI is InChI=1S/C15H15NO4/c1-19-11-5-3-10(4-6-11)15(16-18)13-8-7-12(20-2)9-14(13)17/h3-9,17-18H,1-2H3/b16-15-. The van der Waals surface area contributed by atoms with Gasteiger partial charge in [0, 0.05) is 17.2 Å². The molecule has 20 heavy (non-hydrogen) atoms. The van der Waals surface area contributed by atoms with Gasteiger partial charge in [-0.25, -0.2) is 0 Å². The van der Waals surface area contributed by atoms with E-state index in [0.717, 1.165) is 0 Å². The van der Waals surface area contributed by atoms with Gasteiger partial charge in [-0.3, -0.25) is 0 Å². The van der Waals surface area contributed by atoms with E-state index in [1.165, 1.54) is 13.2 Å². The smallest absolute Gasteiger partial charge is 0.128 e. The number of hydrogen-bond acceptors (Lipinski definition) is 5. The zero-order valence-corrected chi connectivity index (χ0v) is 11.2. The van der Waals surface area contributed by atoms with Crippen LogP contribution in [0.2, 0.25) is 0 Å². The zero-order chi connectivity index (χ0) is 14.5. The quantitative estimate of drug-likeness (QED) is 0.510. The van der Waals surface area contributed by atoms with Crippen LogP contribution in [0, 0.1) is 0 Å². The van der Waals surface area contributed by atoms with Crippen LogP contribution in [-0.2, 0) is 0 Å². The first-order valence-corrected chi connectivity index (χ1v) is 5.93. The van der Waals surface area contributed by atoms with E-state index in [1.807, 2.05) is 0 Å². The Bertz CT molecular complexity index is 620. The predicted octanol–water partition coefficient (Wildman–Crippen LogP) is 2.64. The monoisotopic (exact) mass is 273 g/mol. The number of ether oxygens (including phenoxy) is 2. The highest BCUT2D eigenvalue weighted by Crippen LogP contribution is 2.26. The maximum Gasteiger partial charge on any atom is 0.128 e. The summed E-state index contributed by atoms with van der Waals surface area (Å²) in [5.74, 6) is 1.20. The molecular weight excluding hydrogens is 258 g/mol. The van der Waals surface area contributed by atoms with Crippen molar-refractivity contribution < 1.29 is 19.8 Å². The van der Waals surface area contributed by atoms with Crippen molar-refractivity contribution >= 4 is 5.71 Å². The van der Waals surface area contributed by atoms with Crippen LogP contribution in [0.1, 0.15) is 11.1 Å². The molecule has 2 aromatic carbocycles. The lowest BCUT2D eigenvalue weighted by molar-refractivity contribution is 0.319. The van der Waals surface area contributed by atoms with Gasteiger partial charge in [0.05, 0.1) is 14.2 Å². The highest BCUT2D eigenvalue weighted by molar-refractivity contribution is 6.14. The Kier molecular flexibility index (Phi) is 4.10. The van der Waals surface area contributed by atoms with E-state index in [9.17, 15) is 10.3 Å². The molecule has 0 heterocycles. The Morgan fingerprint density at radius 3 is 2.05 bits per heavy atom. The third-order valence-corrected chi connectivity index (χ3v) is 2.92. The molecule has 5 nitrogen and oxygen atoms in total. The van der Waals surface area contributed by atoms with E-state index >= 15 is 0 Å². The van der Waals surface area contributed by atoms with Gasteiger partial charge in [-0.15, -0.1) is 0 Å². The van der Waals surface area contributed by atoms with Crippen molar-refractivity contribution in [2.75, 3.05) is 14.2 Å². The van der Waals surface area contributed by atoms with Crippen LogP contribution in [0.3, 0.4) is 0 Å². The maximum atomic E-state index is 9.99. The number of rotatable bonds is 4. The molecule has 0 fully saturated rings. The molecule has 0 aliphatic carbocycles. The van der Waals surface area contributed by atoms with Crippen molar-refractivity contribution in [2.45, 2.75) is 0 Å². The Morgan fingerprint density at radius 2 is 1.55 bits per heavy atom. The van der Waals surface area contributed by atoms with Gasteiger partial charge >= 0.3 is 0 Å². The van der Waals surface area contributed by atoms with E-state index in [2.05, 4.69) is 5.16 Å². The first-order chi connectivity index (χ1) is 9.69. The van der Waals surface area contributed by atoms with Crippen LogP contribution in [0.15, 0.2) is 47.6 Å². The summed E-state index contributed by atoms with van der Waals surface area (Å²) in [5.41, 5.74) is 1.35. The maximum absolute atomic E-state index is 9.99. The number of phenolic OH excluding ortho intramolecular Hbond substituents is 1. The highest BCUT2D eigenvalue weighted by Gasteiger charge is 2.13. The van der Waals surface area contributed by atoms with Crippen LogP contribution >= 0.6 is 0 Å². The molecule has 2 N–H and O–H groups in total. The third kappa shape index (κ3) is 2.66. The Hall–Kier alpha value is -2.69. The summed E-state index contributed by atoms with van der Waals surface area (Å²) in [6.45, 7) is 0. The molecule has 104 valence electrons. The molecule has 0 unspecified atom stereocenters. The number of hydrogen-bond donors (Lipinski definition) is 2. The number of phenols is 1. The lowest BCUT2D eigenvalue weighted by Gasteiger charge is -2.09. The topological polar surface area (TPSA) is 71.3 Å². The molecular formula is C15H15NO4. The van der Waals surface area contributed by atoms with Crippen molar-refractivity contribution in [3.8, 4) is 17.2 Å². The molecule has 0 spiro atoms. The molecule has 5 heteroatoms. The average Bonchev–Trinajstić information content (AvgIpc) is 2.50. The number of nitrogens with zero attached hydrogens (tertiary/aromatic N) is 1. The molecule has 0 atom stereocenters. The molecule has 0 saturated carbocycles. The minimum atomic E-state index is -0.0204. The molecule has 0 bridgehead atoms. The van der Waals surface area contributed by atoms with Crippen LogP contribution in [0.4, 0.5) is 0 Å². The zero-order valence-electron chi connectivity index (χ0n) is 11.2. The molecule has 0 aliphatic rings. The van der Waals surface area contributed by atoms with Crippen molar-refractivity contribution in [2.24, 2.45) is 5.16 Å². The van der Waals surface area contributed by atoms with E-state index < -0.39 is 0 Å². The van der Waals surface area contributed by atoms with Crippen molar-refractivity contribution in [1.82, 2.24) is 0 Å². The fourth-order valence-electron chi connectivity index (χ4n) is 1.85. The summed E-state index contributed by atoms with van der Waals surface area (Å²) in [5, 5.41) is 22.5. The van der Waals surface area contributed by atoms with Gasteiger partial charge in [0.1, 0.15) is 23.0 Å². The molecule has 0 aliphatic heterocycles. The van der Waals surface area contributed by atoms with Crippen molar-refractivity contribution in [1.29, 1.82) is 0 Å². The first-order valence-electron chi connectivity index (χ1n) is 5.93. The SMILES string of the molecule is COc1ccc(/C(=N/O)c2ccc(OC)cc2O)cc1. The number of aromatic hydroxyl groups is 1. The average molecular weight is 273 g/mol. The highest BCUT2D eigenvalue weighted by atomic mass is 16.5. The van der Waals surface area contributed by atoms with Gasteiger partial charge in [-0.05, 0) is 36.4 Å². The van der Waals surface area contributed by atoms with E-state index in [1.54, 1.807) is 43.5 Å². The van der Waals surface area contributed by atoms with Crippen molar-refractivity contribution in [3.05, 3.63) is 53.6 Å². The summed E-state index contributed by atoms with van der Waals surface area (Å²) < 4.78 is 10.1. The summed E-state index contributed by atoms with van der Waals surface area (Å²) in [7, 11) is 3.09. The number of methoxy groups -OCH3 is 2. The molecule has 0 radical (unpaired) electrons. The summed E-state index contributed by atoms with van der Waals surface area (Å²) in [6.07, 6.45) is 0. The molecule has 0 saturated heterocycles. The van der Waals surface area contributed by atoms with Gasteiger partial charge in [-0.2, -0.15) is 0 Å². The van der Waals surface area contributed by atoms with E-state index in [-0.39, 0.29) is 11.5 Å². The van der Waals surface area contributed by atoms with Crippen LogP contribution in [0.25, 0.3) is 0 Å². The largest absolute Gasteiger partial charge is 0.507 e. The summed E-state index contributed by atoms with van der Waals surface area (Å²) >= 11 is 0. The van der Waals surface area contributed by atoms with E-state index in [4.69, 9.17) is 9.47 Å². The lowest BCUT2D eigenvalue weighted by atomic mass is 10.0. The van der Waals surface area contributed by atoms with Gasteiger partial charge in [-0.1, -0.05) is 5.16 Å². The molecule has 2 rings (SSSR count). The Balaban J connectivity index is 2.42. The van der Waals surface area contributed by atoms with Crippen LogP contribution in [-0.4, -0.2) is 30.2 Å². The minimum Gasteiger partial charge on any atom is -0.507 e. The van der Waals surface area contributed by atoms with Gasteiger partial charge in [0.15, 0.2) is 0 Å². The lowest BCUT2D eigenvalue weighted by Crippen LogP contribution is -2.04. The molecule has 0 amide bonds. The second-order valence-corrected chi connectivity index (χ2v) is 4.06. The third-order valence-electron chi connectivity index (χ3n) is 2.92. The van der Waals surface area contributed by atoms with E-state index in [0.29, 0.717) is 22.6 Å². The van der Waals surface area contributed by atoms with Gasteiger partial charge in [0.2, 0.25) is 0 Å². The van der Waals surface area contributed by atoms with Crippen molar-refractivity contribution in [3.63, 3.8) is 0 Å². The minimum absolute atomic E-state index is 0.0204. The first kappa shape index (κ1) is 13.7. The fraction of sp³-hybridized carbons (Fsp3) is 0.133. The number of oxime groups is 1. The fourth-order valence-corrected chi connectivity index (χ4v) is 1.85. The summed E-state index contributed by atoms with van der Waals surface area (Å²) in [6, 6.07) is 11.8. The molecule has 0 aromatic heterocycles. The second-order valence-electron chi connectivity index (χ2n) is 4.06. The Labute approximate surface area is 116 Å². The Morgan fingerprint density at radius 1 is 0.950 bits per heavy atom. The molecule has 2 aromatic rings.